The molecule has 0 aliphatic heterocycles. The molecule has 3 aromatic carbocycles. The van der Waals surface area contributed by atoms with Gasteiger partial charge >= 0.3 is 0 Å². The largest absolute Gasteiger partial charge is 0.496 e. The Hall–Kier alpha value is -3.23. The maximum absolute atomic E-state index is 13.0. The molecule has 1 atom stereocenters. The summed E-state index contributed by atoms with van der Waals surface area (Å²) in [6.07, 6.45) is 0. The fraction of sp³-hybridized carbons (Fsp3) is 0.167. The molecule has 0 fully saturated rings. The molecule has 5 heteroatoms. The van der Waals surface area contributed by atoms with Gasteiger partial charge in [-0.3, -0.25) is 4.79 Å². The second-order valence-corrected chi connectivity index (χ2v) is 7.73. The van der Waals surface area contributed by atoms with Crippen molar-refractivity contribution in [2.24, 2.45) is 0 Å². The lowest BCUT2D eigenvalue weighted by atomic mass is 10.0. The van der Waals surface area contributed by atoms with E-state index < -0.39 is 0 Å². The molecule has 1 N–H and O–H groups in total. The summed E-state index contributed by atoms with van der Waals surface area (Å²) in [6.45, 7) is 3.95. The van der Waals surface area contributed by atoms with Gasteiger partial charge in [-0.2, -0.15) is 5.26 Å². The molecule has 1 amide bonds. The number of carbonyl (C=O) groups is 1. The molecule has 4 nitrogen and oxygen atoms in total. The highest BCUT2D eigenvalue weighted by Gasteiger charge is 2.18. The summed E-state index contributed by atoms with van der Waals surface area (Å²) >= 11 is 1.42. The molecule has 0 spiro atoms. The van der Waals surface area contributed by atoms with Crippen molar-refractivity contribution in [2.75, 3.05) is 7.11 Å². The van der Waals surface area contributed by atoms with Crippen LogP contribution in [0, 0.1) is 18.3 Å². The molecule has 0 heterocycles. The Labute approximate surface area is 175 Å². The van der Waals surface area contributed by atoms with Crippen LogP contribution in [-0.2, 0) is 0 Å². The minimum atomic E-state index is -0.221. The third-order valence-corrected chi connectivity index (χ3v) is 5.71. The Balaban J connectivity index is 1.86. The van der Waals surface area contributed by atoms with Crippen LogP contribution in [-0.4, -0.2) is 13.0 Å². The molecule has 0 aliphatic rings. The second-order valence-electron chi connectivity index (χ2n) is 6.65. The van der Waals surface area contributed by atoms with Crippen molar-refractivity contribution in [1.82, 2.24) is 5.32 Å². The van der Waals surface area contributed by atoms with Gasteiger partial charge < -0.3 is 10.1 Å². The Kier molecular flexibility index (Phi) is 6.58. The van der Waals surface area contributed by atoms with Crippen molar-refractivity contribution < 1.29 is 9.53 Å². The van der Waals surface area contributed by atoms with Crippen molar-refractivity contribution >= 4 is 17.7 Å². The zero-order valence-electron chi connectivity index (χ0n) is 16.6. The summed E-state index contributed by atoms with van der Waals surface area (Å²) in [4.78, 5) is 14.7. The van der Waals surface area contributed by atoms with Gasteiger partial charge in [-0.05, 0) is 44.2 Å². The number of nitrogens with one attached hydrogen (secondary N) is 1. The molecule has 0 aromatic heterocycles. The van der Waals surface area contributed by atoms with Gasteiger partial charge in [-0.1, -0.05) is 53.7 Å². The van der Waals surface area contributed by atoms with Crippen LogP contribution in [0.3, 0.4) is 0 Å². The third-order valence-electron chi connectivity index (χ3n) is 4.56. The Morgan fingerprint density at radius 3 is 2.48 bits per heavy atom. The topological polar surface area (TPSA) is 62.1 Å². The number of hydrogen-bond acceptors (Lipinski definition) is 4. The van der Waals surface area contributed by atoms with E-state index >= 15 is 0 Å². The van der Waals surface area contributed by atoms with E-state index in [1.54, 1.807) is 19.2 Å². The minimum Gasteiger partial charge on any atom is -0.496 e. The summed E-state index contributed by atoms with van der Waals surface area (Å²) < 4.78 is 5.45. The number of nitriles is 1. The summed E-state index contributed by atoms with van der Waals surface area (Å²) in [5, 5.41) is 12.4. The summed E-state index contributed by atoms with van der Waals surface area (Å²) in [6, 6.07) is 22.7. The number of aryl methyl sites for hydroxylation is 1. The maximum Gasteiger partial charge on any atom is 0.252 e. The van der Waals surface area contributed by atoms with Crippen molar-refractivity contribution in [1.29, 1.82) is 5.26 Å². The molecule has 29 heavy (non-hydrogen) atoms. The van der Waals surface area contributed by atoms with E-state index in [0.717, 1.165) is 26.7 Å². The first-order valence-electron chi connectivity index (χ1n) is 9.25. The Morgan fingerprint density at radius 1 is 1.07 bits per heavy atom. The van der Waals surface area contributed by atoms with Gasteiger partial charge in [0.2, 0.25) is 0 Å². The van der Waals surface area contributed by atoms with Crippen LogP contribution in [0.25, 0.3) is 0 Å². The van der Waals surface area contributed by atoms with Gasteiger partial charge in [-0.25, -0.2) is 0 Å². The number of rotatable bonds is 6. The maximum atomic E-state index is 13.0. The summed E-state index contributed by atoms with van der Waals surface area (Å²) in [7, 11) is 1.63. The van der Waals surface area contributed by atoms with Crippen molar-refractivity contribution in [2.45, 2.75) is 29.7 Å². The summed E-state index contributed by atoms with van der Waals surface area (Å²) in [5.41, 5.74) is 3.20. The number of benzene rings is 3. The van der Waals surface area contributed by atoms with Gasteiger partial charge in [0.15, 0.2) is 0 Å². The Morgan fingerprint density at radius 2 is 1.76 bits per heavy atom. The molecular formula is C24H22N2O2S. The van der Waals surface area contributed by atoms with Crippen LogP contribution < -0.4 is 10.1 Å². The lowest BCUT2D eigenvalue weighted by Crippen LogP contribution is -2.27. The molecule has 1 unspecified atom stereocenters. The van der Waals surface area contributed by atoms with Gasteiger partial charge in [0.1, 0.15) is 11.8 Å². The molecule has 146 valence electrons. The standard InChI is InChI=1S/C24H22N2O2S/c1-16-12-13-21(28-3)20(14-16)17(2)26-24(27)19-9-5-7-11-23(19)29-22-10-6-4-8-18(22)15-25/h4-14,17H,1-3H3,(H,26,27). The lowest BCUT2D eigenvalue weighted by molar-refractivity contribution is 0.0936. The van der Waals surface area contributed by atoms with Gasteiger partial charge in [0, 0.05) is 15.4 Å². The molecule has 0 radical (unpaired) electrons. The Bertz CT molecular complexity index is 1070. The normalized spacial score (nSPS) is 11.4. The molecule has 0 aliphatic carbocycles. The zero-order chi connectivity index (χ0) is 20.8. The van der Waals surface area contributed by atoms with Gasteiger partial charge in [-0.15, -0.1) is 0 Å². The van der Waals surface area contributed by atoms with E-state index in [0.29, 0.717) is 11.1 Å². The van der Waals surface area contributed by atoms with Crippen LogP contribution >= 0.6 is 11.8 Å². The highest BCUT2D eigenvalue weighted by Crippen LogP contribution is 2.33. The highest BCUT2D eigenvalue weighted by molar-refractivity contribution is 7.99. The van der Waals surface area contributed by atoms with Crippen LogP contribution in [0.5, 0.6) is 5.75 Å². The molecular weight excluding hydrogens is 380 g/mol. The first-order valence-corrected chi connectivity index (χ1v) is 10.1. The highest BCUT2D eigenvalue weighted by atomic mass is 32.2. The molecule has 0 saturated heterocycles. The van der Waals surface area contributed by atoms with Crippen molar-refractivity contribution in [3.63, 3.8) is 0 Å². The van der Waals surface area contributed by atoms with E-state index in [2.05, 4.69) is 11.4 Å². The number of carbonyl (C=O) groups excluding carboxylic acids is 1. The number of hydrogen-bond donors (Lipinski definition) is 1. The predicted molar refractivity (Wildman–Crippen MR) is 115 cm³/mol. The number of nitrogens with zero attached hydrogens (tertiary/aromatic N) is 1. The first-order chi connectivity index (χ1) is 14.0. The van der Waals surface area contributed by atoms with E-state index in [4.69, 9.17) is 4.74 Å². The van der Waals surface area contributed by atoms with E-state index in [1.807, 2.05) is 68.4 Å². The van der Waals surface area contributed by atoms with Crippen molar-refractivity contribution in [3.8, 4) is 11.8 Å². The predicted octanol–water partition coefficient (Wildman–Crippen LogP) is 5.52. The van der Waals surface area contributed by atoms with Crippen LogP contribution in [0.4, 0.5) is 0 Å². The summed E-state index contributed by atoms with van der Waals surface area (Å²) in [5.74, 6) is 0.576. The van der Waals surface area contributed by atoms with E-state index in [-0.39, 0.29) is 11.9 Å². The SMILES string of the molecule is COc1ccc(C)cc1C(C)NC(=O)c1ccccc1Sc1ccccc1C#N. The number of ether oxygens (including phenoxy) is 1. The molecule has 3 aromatic rings. The average molecular weight is 403 g/mol. The average Bonchev–Trinajstić information content (AvgIpc) is 2.74. The lowest BCUT2D eigenvalue weighted by Gasteiger charge is -2.19. The smallest absolute Gasteiger partial charge is 0.252 e. The monoisotopic (exact) mass is 402 g/mol. The fourth-order valence-corrected chi connectivity index (χ4v) is 4.08. The van der Waals surface area contributed by atoms with Gasteiger partial charge in [0.25, 0.3) is 5.91 Å². The van der Waals surface area contributed by atoms with E-state index in [9.17, 15) is 10.1 Å². The van der Waals surface area contributed by atoms with Gasteiger partial charge in [0.05, 0.1) is 24.3 Å². The number of amides is 1. The number of methoxy groups -OCH3 is 1. The molecule has 0 bridgehead atoms. The second kappa shape index (κ2) is 9.31. The van der Waals surface area contributed by atoms with Crippen LogP contribution in [0.1, 0.15) is 40.0 Å². The van der Waals surface area contributed by atoms with Crippen LogP contribution in [0.15, 0.2) is 76.5 Å². The fourth-order valence-electron chi connectivity index (χ4n) is 3.05. The molecule has 0 saturated carbocycles. The van der Waals surface area contributed by atoms with Crippen molar-refractivity contribution in [3.05, 3.63) is 89.0 Å². The van der Waals surface area contributed by atoms with E-state index in [1.165, 1.54) is 11.8 Å². The quantitative estimate of drug-likeness (QED) is 0.590. The van der Waals surface area contributed by atoms with Crippen LogP contribution in [0.2, 0.25) is 0 Å². The molecule has 3 rings (SSSR count). The minimum absolute atomic E-state index is 0.168. The third kappa shape index (κ3) is 4.79. The first kappa shape index (κ1) is 20.5. The zero-order valence-corrected chi connectivity index (χ0v) is 17.4.